The predicted octanol–water partition coefficient (Wildman–Crippen LogP) is 1.03. The number of carbonyl (C=O) groups excluding carboxylic acids is 1. The van der Waals surface area contributed by atoms with Gasteiger partial charge in [0, 0.05) is 13.1 Å². The lowest BCUT2D eigenvalue weighted by molar-refractivity contribution is -0.126. The highest BCUT2D eigenvalue weighted by atomic mass is 32.1. The van der Waals surface area contributed by atoms with Gasteiger partial charge in [0.1, 0.15) is 10.7 Å². The molecule has 1 unspecified atom stereocenters. The van der Waals surface area contributed by atoms with E-state index in [2.05, 4.69) is 4.90 Å². The first-order chi connectivity index (χ1) is 9.85. The van der Waals surface area contributed by atoms with Gasteiger partial charge in [0.25, 0.3) is 0 Å². The molecule has 4 N–H and O–H groups in total. The van der Waals surface area contributed by atoms with Gasteiger partial charge in [0.2, 0.25) is 5.91 Å². The smallest absolute Gasteiger partial charge is 0.224 e. The molecule has 1 amide bonds. The highest BCUT2D eigenvalue weighted by molar-refractivity contribution is 7.80. The van der Waals surface area contributed by atoms with Crippen molar-refractivity contribution in [2.24, 2.45) is 16.9 Å². The van der Waals surface area contributed by atoms with Crippen LogP contribution in [0.5, 0.6) is 5.75 Å². The van der Waals surface area contributed by atoms with Crippen LogP contribution in [-0.4, -0.2) is 36.0 Å². The molecular weight excluding hydrogens is 286 g/mol. The van der Waals surface area contributed by atoms with Crippen LogP contribution >= 0.6 is 12.2 Å². The third-order valence-corrected chi connectivity index (χ3v) is 4.30. The number of methoxy groups -OCH3 is 1. The van der Waals surface area contributed by atoms with E-state index in [1.165, 1.54) is 0 Å². The number of amides is 1. The molecule has 0 aliphatic carbocycles. The van der Waals surface area contributed by atoms with E-state index in [1.54, 1.807) is 7.11 Å². The third-order valence-electron chi connectivity index (χ3n) is 4.08. The van der Waals surface area contributed by atoms with Gasteiger partial charge in [0.15, 0.2) is 0 Å². The van der Waals surface area contributed by atoms with Gasteiger partial charge in [-0.15, -0.1) is 0 Å². The second kappa shape index (κ2) is 5.99. The average Bonchev–Trinajstić information content (AvgIpc) is 2.81. The lowest BCUT2D eigenvalue weighted by Crippen LogP contribution is -2.36. The number of hydrogen-bond donors (Lipinski definition) is 2. The van der Waals surface area contributed by atoms with E-state index >= 15 is 0 Å². The molecule has 1 fully saturated rings. The Morgan fingerprint density at radius 1 is 1.48 bits per heavy atom. The lowest BCUT2D eigenvalue weighted by Gasteiger charge is -2.21. The molecule has 1 aromatic carbocycles. The van der Waals surface area contributed by atoms with Crippen molar-refractivity contribution in [2.45, 2.75) is 19.9 Å². The minimum atomic E-state index is -0.428. The summed E-state index contributed by atoms with van der Waals surface area (Å²) < 4.78 is 5.33. The fourth-order valence-electron chi connectivity index (χ4n) is 2.69. The first kappa shape index (κ1) is 15.7. The number of likely N-dealkylation sites (tertiary alicyclic amines) is 1. The van der Waals surface area contributed by atoms with Crippen molar-refractivity contribution in [2.75, 3.05) is 20.2 Å². The fourth-order valence-corrected chi connectivity index (χ4v) is 2.86. The topological polar surface area (TPSA) is 81.6 Å². The maximum absolute atomic E-state index is 11.5. The van der Waals surface area contributed by atoms with E-state index in [-0.39, 0.29) is 5.91 Å². The Morgan fingerprint density at radius 2 is 2.19 bits per heavy atom. The van der Waals surface area contributed by atoms with Gasteiger partial charge in [-0.2, -0.15) is 0 Å². The second-order valence-corrected chi connectivity index (χ2v) is 6.22. The van der Waals surface area contributed by atoms with E-state index in [0.29, 0.717) is 17.3 Å². The number of nitrogens with two attached hydrogens (primary N) is 2. The zero-order valence-corrected chi connectivity index (χ0v) is 13.2. The van der Waals surface area contributed by atoms with E-state index < -0.39 is 5.41 Å². The summed E-state index contributed by atoms with van der Waals surface area (Å²) in [6.45, 7) is 4.21. The minimum Gasteiger partial charge on any atom is -0.496 e. The molecule has 0 spiro atoms. The molecule has 0 radical (unpaired) electrons. The minimum absolute atomic E-state index is 0.230. The van der Waals surface area contributed by atoms with E-state index in [1.807, 2.05) is 25.1 Å². The normalized spacial score (nSPS) is 22.2. The van der Waals surface area contributed by atoms with Crippen molar-refractivity contribution in [1.29, 1.82) is 0 Å². The number of hydrogen-bond acceptors (Lipinski definition) is 4. The van der Waals surface area contributed by atoms with Crippen LogP contribution in [0.1, 0.15) is 24.5 Å². The summed E-state index contributed by atoms with van der Waals surface area (Å²) in [5.41, 5.74) is 12.5. The molecule has 2 rings (SSSR count). The van der Waals surface area contributed by atoms with Crippen LogP contribution in [0, 0.1) is 5.41 Å². The standard InChI is InChI=1S/C15H21N3O2S/c1-15(14(17)19)5-6-18(9-15)8-10-3-4-11(13(16)21)12(7-10)20-2/h3-4,7H,5-6,8-9H2,1-2H3,(H2,16,21)(H2,17,19). The Balaban J connectivity index is 2.11. The monoisotopic (exact) mass is 307 g/mol. The number of rotatable bonds is 5. The highest BCUT2D eigenvalue weighted by Gasteiger charge is 2.38. The van der Waals surface area contributed by atoms with E-state index in [4.69, 9.17) is 28.4 Å². The summed E-state index contributed by atoms with van der Waals surface area (Å²) in [7, 11) is 1.60. The maximum atomic E-state index is 11.5. The molecule has 0 bridgehead atoms. The number of benzene rings is 1. The molecule has 1 aliphatic rings. The van der Waals surface area contributed by atoms with Crippen molar-refractivity contribution in [1.82, 2.24) is 4.90 Å². The quantitative estimate of drug-likeness (QED) is 0.794. The second-order valence-electron chi connectivity index (χ2n) is 5.78. The average molecular weight is 307 g/mol. The molecule has 21 heavy (non-hydrogen) atoms. The van der Waals surface area contributed by atoms with Crippen LogP contribution in [0.4, 0.5) is 0 Å². The Labute approximate surface area is 130 Å². The van der Waals surface area contributed by atoms with Crippen molar-refractivity contribution in [3.63, 3.8) is 0 Å². The number of nitrogens with zero attached hydrogens (tertiary/aromatic N) is 1. The van der Waals surface area contributed by atoms with Crippen LogP contribution < -0.4 is 16.2 Å². The van der Waals surface area contributed by atoms with Crippen LogP contribution in [0.3, 0.4) is 0 Å². The van der Waals surface area contributed by atoms with Crippen molar-refractivity contribution in [3.05, 3.63) is 29.3 Å². The summed E-state index contributed by atoms with van der Waals surface area (Å²) in [5, 5.41) is 0. The van der Waals surface area contributed by atoms with Gasteiger partial charge in [-0.1, -0.05) is 18.3 Å². The summed E-state index contributed by atoms with van der Waals surface area (Å²) in [4.78, 5) is 14.0. The molecule has 1 aromatic rings. The maximum Gasteiger partial charge on any atom is 0.224 e. The predicted molar refractivity (Wildman–Crippen MR) is 86.1 cm³/mol. The van der Waals surface area contributed by atoms with Gasteiger partial charge in [-0.3, -0.25) is 9.69 Å². The van der Waals surface area contributed by atoms with E-state index in [9.17, 15) is 4.79 Å². The van der Waals surface area contributed by atoms with Gasteiger partial charge >= 0.3 is 0 Å². The van der Waals surface area contributed by atoms with Gasteiger partial charge in [0.05, 0.1) is 18.1 Å². The zero-order chi connectivity index (χ0) is 15.6. The Bertz CT molecular complexity index is 576. The van der Waals surface area contributed by atoms with Crippen molar-refractivity contribution >= 4 is 23.1 Å². The molecule has 114 valence electrons. The lowest BCUT2D eigenvalue weighted by atomic mass is 9.89. The Hall–Kier alpha value is -1.66. The number of primary amides is 1. The van der Waals surface area contributed by atoms with Crippen molar-refractivity contribution < 1.29 is 9.53 Å². The SMILES string of the molecule is COc1cc(CN2CCC(C)(C(N)=O)C2)ccc1C(N)=S. The van der Waals surface area contributed by atoms with Gasteiger partial charge in [-0.25, -0.2) is 0 Å². The van der Waals surface area contributed by atoms with Crippen LogP contribution in [0.25, 0.3) is 0 Å². The fraction of sp³-hybridized carbons (Fsp3) is 0.467. The Kier molecular flexibility index (Phi) is 4.49. The number of carbonyl (C=O) groups is 1. The largest absolute Gasteiger partial charge is 0.496 e. The third kappa shape index (κ3) is 3.33. The summed E-state index contributed by atoms with van der Waals surface area (Å²) in [5.74, 6) is 0.447. The molecule has 0 aromatic heterocycles. The number of thiocarbonyl (C=S) groups is 1. The highest BCUT2D eigenvalue weighted by Crippen LogP contribution is 2.31. The van der Waals surface area contributed by atoms with Crippen LogP contribution in [-0.2, 0) is 11.3 Å². The van der Waals surface area contributed by atoms with Crippen LogP contribution in [0.2, 0.25) is 0 Å². The zero-order valence-electron chi connectivity index (χ0n) is 12.4. The van der Waals surface area contributed by atoms with Crippen molar-refractivity contribution in [3.8, 4) is 5.75 Å². The molecule has 0 saturated carbocycles. The molecule has 5 nitrogen and oxygen atoms in total. The first-order valence-electron chi connectivity index (χ1n) is 6.85. The first-order valence-corrected chi connectivity index (χ1v) is 7.25. The summed E-state index contributed by atoms with van der Waals surface area (Å²) in [6.07, 6.45) is 0.796. The van der Waals surface area contributed by atoms with Gasteiger partial charge < -0.3 is 16.2 Å². The van der Waals surface area contributed by atoms with Gasteiger partial charge in [-0.05, 0) is 37.6 Å². The molecule has 1 heterocycles. The molecule has 1 aliphatic heterocycles. The summed E-state index contributed by atoms with van der Waals surface area (Å²) in [6, 6.07) is 5.80. The number of ether oxygens (including phenoxy) is 1. The summed E-state index contributed by atoms with van der Waals surface area (Å²) >= 11 is 5.00. The molecule has 1 saturated heterocycles. The van der Waals surface area contributed by atoms with Crippen LogP contribution in [0.15, 0.2) is 18.2 Å². The molecular formula is C15H21N3O2S. The molecule has 6 heteroatoms. The molecule has 1 atom stereocenters. The van der Waals surface area contributed by atoms with E-state index in [0.717, 1.165) is 30.6 Å². The Morgan fingerprint density at radius 3 is 2.71 bits per heavy atom.